The lowest BCUT2D eigenvalue weighted by Gasteiger charge is -2.38. The first-order valence-electron chi connectivity index (χ1n) is 7.22. The van der Waals surface area contributed by atoms with Crippen molar-refractivity contribution in [2.75, 3.05) is 26.2 Å². The van der Waals surface area contributed by atoms with E-state index in [-0.39, 0.29) is 5.41 Å². The van der Waals surface area contributed by atoms with E-state index in [0.29, 0.717) is 18.4 Å². The molecule has 2 fully saturated rings. The number of piperidine rings is 1. The van der Waals surface area contributed by atoms with Crippen molar-refractivity contribution >= 4 is 5.91 Å². The van der Waals surface area contributed by atoms with Crippen molar-refractivity contribution in [3.05, 3.63) is 0 Å². The molecule has 2 aliphatic rings. The molecule has 18 heavy (non-hydrogen) atoms. The Morgan fingerprint density at radius 3 is 2.72 bits per heavy atom. The topological polar surface area (TPSA) is 55.6 Å². The van der Waals surface area contributed by atoms with Crippen molar-refractivity contribution in [1.29, 1.82) is 0 Å². The third-order valence-corrected chi connectivity index (χ3v) is 4.52. The van der Waals surface area contributed by atoms with Gasteiger partial charge in [-0.3, -0.25) is 4.79 Å². The quantitative estimate of drug-likeness (QED) is 0.828. The van der Waals surface area contributed by atoms with Crippen molar-refractivity contribution in [3.8, 4) is 0 Å². The van der Waals surface area contributed by atoms with Gasteiger partial charge in [0.25, 0.3) is 0 Å². The van der Waals surface area contributed by atoms with E-state index in [9.17, 15) is 4.79 Å². The Kier molecular flexibility index (Phi) is 4.62. The third kappa shape index (κ3) is 3.45. The van der Waals surface area contributed by atoms with Crippen molar-refractivity contribution < 1.29 is 9.53 Å². The van der Waals surface area contributed by atoms with Crippen LogP contribution >= 0.6 is 0 Å². The van der Waals surface area contributed by atoms with E-state index in [1.807, 2.05) is 4.90 Å². The van der Waals surface area contributed by atoms with Gasteiger partial charge in [-0.25, -0.2) is 0 Å². The van der Waals surface area contributed by atoms with Gasteiger partial charge in [0, 0.05) is 26.1 Å². The molecular formula is C14H26N2O2. The lowest BCUT2D eigenvalue weighted by atomic mass is 9.80. The van der Waals surface area contributed by atoms with E-state index < -0.39 is 0 Å². The van der Waals surface area contributed by atoms with Crippen molar-refractivity contribution in [2.45, 2.75) is 51.6 Å². The van der Waals surface area contributed by atoms with Gasteiger partial charge in [-0.2, -0.15) is 0 Å². The van der Waals surface area contributed by atoms with Gasteiger partial charge in [-0.1, -0.05) is 6.92 Å². The lowest BCUT2D eigenvalue weighted by Crippen LogP contribution is -2.44. The highest BCUT2D eigenvalue weighted by molar-refractivity contribution is 5.76. The van der Waals surface area contributed by atoms with Crippen LogP contribution in [0.3, 0.4) is 0 Å². The second kappa shape index (κ2) is 6.02. The number of likely N-dealkylation sites (tertiary alicyclic amines) is 1. The van der Waals surface area contributed by atoms with E-state index in [1.165, 1.54) is 0 Å². The van der Waals surface area contributed by atoms with Crippen LogP contribution in [0.1, 0.15) is 45.4 Å². The number of rotatable bonds is 4. The second-order valence-corrected chi connectivity index (χ2v) is 6.07. The molecule has 2 saturated heterocycles. The average molecular weight is 254 g/mol. The minimum Gasteiger partial charge on any atom is -0.378 e. The zero-order valence-corrected chi connectivity index (χ0v) is 11.5. The molecule has 2 N–H and O–H groups in total. The minimum atomic E-state index is 0.241. The number of hydrogen-bond acceptors (Lipinski definition) is 3. The van der Waals surface area contributed by atoms with Gasteiger partial charge >= 0.3 is 0 Å². The van der Waals surface area contributed by atoms with Gasteiger partial charge in [0.15, 0.2) is 0 Å². The number of nitrogens with zero attached hydrogens (tertiary/aromatic N) is 1. The van der Waals surface area contributed by atoms with Crippen LogP contribution in [0.5, 0.6) is 0 Å². The van der Waals surface area contributed by atoms with E-state index in [4.69, 9.17) is 10.5 Å². The second-order valence-electron chi connectivity index (χ2n) is 6.07. The fraction of sp³-hybridized carbons (Fsp3) is 0.929. The largest absolute Gasteiger partial charge is 0.378 e. The van der Waals surface area contributed by atoms with Gasteiger partial charge in [-0.15, -0.1) is 0 Å². The molecule has 4 heteroatoms. The molecule has 2 heterocycles. The molecule has 4 nitrogen and oxygen atoms in total. The molecule has 2 aliphatic heterocycles. The molecular weight excluding hydrogens is 228 g/mol. The van der Waals surface area contributed by atoms with Gasteiger partial charge in [0.05, 0.1) is 6.10 Å². The highest BCUT2D eigenvalue weighted by atomic mass is 16.5. The van der Waals surface area contributed by atoms with Gasteiger partial charge in [-0.05, 0) is 44.1 Å². The first-order valence-corrected chi connectivity index (χ1v) is 7.22. The van der Waals surface area contributed by atoms with Crippen LogP contribution in [0.4, 0.5) is 0 Å². The Morgan fingerprint density at radius 1 is 1.44 bits per heavy atom. The van der Waals surface area contributed by atoms with E-state index >= 15 is 0 Å². The number of amides is 1. The highest BCUT2D eigenvalue weighted by Gasteiger charge is 2.30. The fourth-order valence-corrected chi connectivity index (χ4v) is 2.81. The van der Waals surface area contributed by atoms with Crippen molar-refractivity contribution in [3.63, 3.8) is 0 Å². The zero-order valence-electron chi connectivity index (χ0n) is 11.5. The van der Waals surface area contributed by atoms with Crippen LogP contribution < -0.4 is 5.73 Å². The molecule has 0 saturated carbocycles. The number of nitrogens with two attached hydrogens (primary N) is 1. The Hall–Kier alpha value is -0.610. The Labute approximate surface area is 110 Å². The Bertz CT molecular complexity index is 280. The fourth-order valence-electron chi connectivity index (χ4n) is 2.81. The molecule has 0 aliphatic carbocycles. The minimum absolute atomic E-state index is 0.241. The molecule has 0 aromatic carbocycles. The van der Waals surface area contributed by atoms with Crippen LogP contribution in [0.2, 0.25) is 0 Å². The van der Waals surface area contributed by atoms with Gasteiger partial charge in [0.2, 0.25) is 5.91 Å². The molecule has 2 rings (SSSR count). The van der Waals surface area contributed by atoms with Gasteiger partial charge in [0.1, 0.15) is 0 Å². The standard InChI is InChI=1S/C14H26N2O2/c1-14(11-15)6-8-16(9-7-14)13(17)5-4-12-3-2-10-18-12/h12H,2-11,15H2,1H3. The summed E-state index contributed by atoms with van der Waals surface area (Å²) >= 11 is 0. The van der Waals surface area contributed by atoms with Crippen LogP contribution in [0.15, 0.2) is 0 Å². The first-order chi connectivity index (χ1) is 8.63. The SMILES string of the molecule is CC1(CN)CCN(C(=O)CCC2CCCO2)CC1. The molecule has 0 spiro atoms. The predicted molar refractivity (Wildman–Crippen MR) is 71.2 cm³/mol. The third-order valence-electron chi connectivity index (χ3n) is 4.52. The molecule has 104 valence electrons. The number of ether oxygens (including phenoxy) is 1. The van der Waals surface area contributed by atoms with Crippen LogP contribution in [0, 0.1) is 5.41 Å². The lowest BCUT2D eigenvalue weighted by molar-refractivity contribution is -0.133. The summed E-state index contributed by atoms with van der Waals surface area (Å²) < 4.78 is 5.55. The van der Waals surface area contributed by atoms with E-state index in [1.54, 1.807) is 0 Å². The molecule has 0 aromatic rings. The number of carbonyl (C=O) groups excluding carboxylic acids is 1. The maximum Gasteiger partial charge on any atom is 0.222 e. The summed E-state index contributed by atoms with van der Waals surface area (Å²) in [4.78, 5) is 14.1. The maximum absolute atomic E-state index is 12.1. The first kappa shape index (κ1) is 13.8. The van der Waals surface area contributed by atoms with Crippen molar-refractivity contribution in [1.82, 2.24) is 4.90 Å². The Balaban J connectivity index is 1.70. The van der Waals surface area contributed by atoms with Crippen molar-refractivity contribution in [2.24, 2.45) is 11.1 Å². The number of carbonyl (C=O) groups is 1. The molecule has 1 unspecified atom stereocenters. The summed E-state index contributed by atoms with van der Waals surface area (Å²) in [6.07, 6.45) is 6.21. The van der Waals surface area contributed by atoms with Crippen LogP contribution in [-0.4, -0.2) is 43.2 Å². The summed E-state index contributed by atoms with van der Waals surface area (Å²) in [5.41, 5.74) is 6.02. The zero-order chi connectivity index (χ0) is 13.0. The monoisotopic (exact) mass is 254 g/mol. The van der Waals surface area contributed by atoms with Gasteiger partial charge < -0.3 is 15.4 Å². The van der Waals surface area contributed by atoms with Crippen LogP contribution in [0.25, 0.3) is 0 Å². The molecule has 0 bridgehead atoms. The summed E-state index contributed by atoms with van der Waals surface area (Å²) in [6.45, 7) is 5.57. The predicted octanol–water partition coefficient (Wildman–Crippen LogP) is 1.53. The maximum atomic E-state index is 12.1. The molecule has 1 amide bonds. The summed E-state index contributed by atoms with van der Waals surface area (Å²) in [5.74, 6) is 0.296. The van der Waals surface area contributed by atoms with E-state index in [2.05, 4.69) is 6.92 Å². The summed E-state index contributed by atoms with van der Waals surface area (Å²) in [7, 11) is 0. The summed E-state index contributed by atoms with van der Waals surface area (Å²) in [5, 5.41) is 0. The normalized spacial score (nSPS) is 27.4. The summed E-state index contributed by atoms with van der Waals surface area (Å²) in [6, 6.07) is 0. The molecule has 1 atom stereocenters. The van der Waals surface area contributed by atoms with Crippen LogP contribution in [-0.2, 0) is 9.53 Å². The van der Waals surface area contributed by atoms with E-state index in [0.717, 1.165) is 58.3 Å². The smallest absolute Gasteiger partial charge is 0.222 e. The molecule has 0 radical (unpaired) electrons. The Morgan fingerprint density at radius 2 is 2.17 bits per heavy atom. The highest BCUT2D eigenvalue weighted by Crippen LogP contribution is 2.29. The molecule has 0 aromatic heterocycles. The average Bonchev–Trinajstić information content (AvgIpc) is 2.90. The number of hydrogen-bond donors (Lipinski definition) is 1.